The lowest BCUT2D eigenvalue weighted by molar-refractivity contribution is -0.403. The Labute approximate surface area is 94.9 Å². The van der Waals surface area contributed by atoms with Crippen molar-refractivity contribution in [3.63, 3.8) is 0 Å². The minimum Gasteiger partial charge on any atom is -0.361 e. The van der Waals surface area contributed by atoms with Crippen molar-refractivity contribution in [3.8, 4) is 0 Å². The SMILES string of the molecule is CSC(=C[N+](=O)[O-])N(C)C1CCCCC1. The Bertz CT molecular complexity index is 250. The van der Waals surface area contributed by atoms with Crippen molar-refractivity contribution in [2.45, 2.75) is 38.1 Å². The predicted octanol–water partition coefficient (Wildman–Crippen LogP) is 2.69. The van der Waals surface area contributed by atoms with Crippen LogP contribution in [-0.2, 0) is 0 Å². The van der Waals surface area contributed by atoms with Crippen LogP contribution in [0.1, 0.15) is 32.1 Å². The summed E-state index contributed by atoms with van der Waals surface area (Å²) in [4.78, 5) is 12.1. The molecule has 0 unspecified atom stereocenters. The Hall–Kier alpha value is -0.710. The van der Waals surface area contributed by atoms with Gasteiger partial charge in [-0.1, -0.05) is 19.3 Å². The minimum atomic E-state index is -0.370. The largest absolute Gasteiger partial charge is 0.361 e. The Balaban J connectivity index is 2.62. The number of thioether (sulfide) groups is 1. The van der Waals surface area contributed by atoms with E-state index in [1.165, 1.54) is 31.0 Å². The van der Waals surface area contributed by atoms with Crippen molar-refractivity contribution in [1.82, 2.24) is 4.90 Å². The normalized spacial score (nSPS) is 18.9. The number of hydrogen-bond donors (Lipinski definition) is 0. The van der Waals surface area contributed by atoms with E-state index in [9.17, 15) is 10.1 Å². The smallest absolute Gasteiger partial charge is 0.264 e. The highest BCUT2D eigenvalue weighted by Crippen LogP contribution is 2.27. The Morgan fingerprint density at radius 1 is 1.47 bits per heavy atom. The fraction of sp³-hybridized carbons (Fsp3) is 0.800. The minimum absolute atomic E-state index is 0.370. The molecule has 1 rings (SSSR count). The molecule has 0 bridgehead atoms. The highest BCUT2D eigenvalue weighted by Gasteiger charge is 2.20. The van der Waals surface area contributed by atoms with Crippen LogP contribution in [0.2, 0.25) is 0 Å². The Morgan fingerprint density at radius 2 is 2.07 bits per heavy atom. The van der Waals surface area contributed by atoms with Crippen LogP contribution >= 0.6 is 11.8 Å². The van der Waals surface area contributed by atoms with Crippen LogP contribution in [0.15, 0.2) is 11.2 Å². The van der Waals surface area contributed by atoms with E-state index in [1.54, 1.807) is 0 Å². The molecule has 0 N–H and O–H groups in total. The van der Waals surface area contributed by atoms with Gasteiger partial charge in [0, 0.05) is 13.1 Å². The summed E-state index contributed by atoms with van der Waals surface area (Å²) >= 11 is 1.45. The lowest BCUT2D eigenvalue weighted by Crippen LogP contribution is -2.32. The molecule has 15 heavy (non-hydrogen) atoms. The van der Waals surface area contributed by atoms with Gasteiger partial charge in [0.25, 0.3) is 6.20 Å². The van der Waals surface area contributed by atoms with Crippen LogP contribution in [0.5, 0.6) is 0 Å². The molecule has 0 aliphatic heterocycles. The molecule has 1 aliphatic carbocycles. The highest BCUT2D eigenvalue weighted by atomic mass is 32.2. The number of nitro groups is 1. The van der Waals surface area contributed by atoms with Gasteiger partial charge in [-0.15, -0.1) is 11.8 Å². The lowest BCUT2D eigenvalue weighted by atomic mass is 9.95. The molecule has 4 nitrogen and oxygen atoms in total. The molecule has 0 radical (unpaired) electrons. The molecular weight excluding hydrogens is 212 g/mol. The summed E-state index contributed by atoms with van der Waals surface area (Å²) in [7, 11) is 1.96. The topological polar surface area (TPSA) is 46.4 Å². The average molecular weight is 230 g/mol. The summed E-state index contributed by atoms with van der Waals surface area (Å²) < 4.78 is 0. The first-order valence-corrected chi connectivity index (χ1v) is 6.49. The standard InChI is InChI=1S/C10H18N2O2S/c1-11(9-6-4-3-5-7-9)10(15-2)8-12(13)14/h8-9H,3-7H2,1-2H3. The van der Waals surface area contributed by atoms with Crippen molar-refractivity contribution in [2.75, 3.05) is 13.3 Å². The molecule has 0 amide bonds. The molecular formula is C10H18N2O2S. The molecule has 86 valence electrons. The van der Waals surface area contributed by atoms with Crippen LogP contribution in [0.3, 0.4) is 0 Å². The fourth-order valence-corrected chi connectivity index (χ4v) is 2.65. The molecule has 1 saturated carbocycles. The van der Waals surface area contributed by atoms with Crippen molar-refractivity contribution in [2.24, 2.45) is 0 Å². The van der Waals surface area contributed by atoms with E-state index in [0.717, 1.165) is 24.1 Å². The van der Waals surface area contributed by atoms with Gasteiger partial charge in [0.1, 0.15) is 5.03 Å². The predicted molar refractivity (Wildman–Crippen MR) is 63.2 cm³/mol. The molecule has 0 atom stereocenters. The van der Waals surface area contributed by atoms with Crippen LogP contribution in [0.25, 0.3) is 0 Å². The Kier molecular flexibility index (Phi) is 4.94. The van der Waals surface area contributed by atoms with Gasteiger partial charge in [0.05, 0.1) is 4.92 Å². The van der Waals surface area contributed by atoms with Crippen LogP contribution in [0.4, 0.5) is 0 Å². The molecule has 5 heteroatoms. The van der Waals surface area contributed by atoms with Gasteiger partial charge >= 0.3 is 0 Å². The number of nitrogens with zero attached hydrogens (tertiary/aromatic N) is 2. The first kappa shape index (κ1) is 12.4. The molecule has 0 saturated heterocycles. The van der Waals surface area contributed by atoms with Crippen LogP contribution in [0, 0.1) is 10.1 Å². The van der Waals surface area contributed by atoms with Crippen LogP contribution < -0.4 is 0 Å². The average Bonchev–Trinajstić information content (AvgIpc) is 2.26. The van der Waals surface area contributed by atoms with Gasteiger partial charge in [0.2, 0.25) is 0 Å². The quantitative estimate of drug-likeness (QED) is 0.550. The second kappa shape index (κ2) is 6.00. The maximum absolute atomic E-state index is 10.4. The third-order valence-corrected chi connectivity index (χ3v) is 3.71. The van der Waals surface area contributed by atoms with Crippen LogP contribution in [-0.4, -0.2) is 29.2 Å². The zero-order valence-corrected chi connectivity index (χ0v) is 10.1. The van der Waals surface area contributed by atoms with E-state index in [-0.39, 0.29) is 4.92 Å². The highest BCUT2D eigenvalue weighted by molar-refractivity contribution is 8.02. The van der Waals surface area contributed by atoms with Gasteiger partial charge in [0.15, 0.2) is 0 Å². The van der Waals surface area contributed by atoms with E-state index in [4.69, 9.17) is 0 Å². The maximum atomic E-state index is 10.4. The van der Waals surface area contributed by atoms with E-state index in [2.05, 4.69) is 4.90 Å². The van der Waals surface area contributed by atoms with E-state index in [0.29, 0.717) is 6.04 Å². The summed E-state index contributed by atoms with van der Waals surface area (Å²) in [6.07, 6.45) is 9.11. The first-order chi connectivity index (χ1) is 7.15. The molecule has 0 spiro atoms. The molecule has 1 aliphatic rings. The summed E-state index contributed by atoms with van der Waals surface area (Å²) in [5, 5.41) is 11.2. The van der Waals surface area contributed by atoms with Gasteiger partial charge in [-0.2, -0.15) is 0 Å². The van der Waals surface area contributed by atoms with Gasteiger partial charge in [-0.05, 0) is 19.1 Å². The summed E-state index contributed by atoms with van der Waals surface area (Å²) in [6.45, 7) is 0. The number of rotatable bonds is 4. The molecule has 0 aromatic carbocycles. The van der Waals surface area contributed by atoms with Crippen molar-refractivity contribution in [1.29, 1.82) is 0 Å². The monoisotopic (exact) mass is 230 g/mol. The molecule has 1 fully saturated rings. The number of hydrogen-bond acceptors (Lipinski definition) is 4. The molecule has 0 aromatic rings. The van der Waals surface area contributed by atoms with E-state index < -0.39 is 0 Å². The van der Waals surface area contributed by atoms with Gasteiger partial charge in [-0.3, -0.25) is 10.1 Å². The van der Waals surface area contributed by atoms with E-state index in [1.807, 2.05) is 13.3 Å². The summed E-state index contributed by atoms with van der Waals surface area (Å²) in [6, 6.07) is 0.484. The lowest BCUT2D eigenvalue weighted by Gasteiger charge is -2.32. The van der Waals surface area contributed by atoms with E-state index >= 15 is 0 Å². The zero-order chi connectivity index (χ0) is 11.3. The second-order valence-electron chi connectivity index (χ2n) is 3.86. The first-order valence-electron chi connectivity index (χ1n) is 5.27. The Morgan fingerprint density at radius 3 is 2.53 bits per heavy atom. The zero-order valence-electron chi connectivity index (χ0n) is 9.31. The maximum Gasteiger partial charge on any atom is 0.264 e. The third-order valence-electron chi connectivity index (χ3n) is 2.90. The molecule has 0 aromatic heterocycles. The fourth-order valence-electron chi connectivity index (χ4n) is 2.03. The summed E-state index contributed by atoms with van der Waals surface area (Å²) in [5.41, 5.74) is 0. The second-order valence-corrected chi connectivity index (χ2v) is 4.69. The summed E-state index contributed by atoms with van der Waals surface area (Å²) in [5.74, 6) is 0. The molecule has 0 heterocycles. The van der Waals surface area contributed by atoms with Crippen molar-refractivity contribution in [3.05, 3.63) is 21.3 Å². The van der Waals surface area contributed by atoms with Gasteiger partial charge in [-0.25, -0.2) is 0 Å². The van der Waals surface area contributed by atoms with Crippen molar-refractivity contribution >= 4 is 11.8 Å². The van der Waals surface area contributed by atoms with Gasteiger partial charge < -0.3 is 4.90 Å². The third kappa shape index (κ3) is 3.74. The van der Waals surface area contributed by atoms with Crippen molar-refractivity contribution < 1.29 is 4.92 Å².